The van der Waals surface area contributed by atoms with E-state index in [1.54, 1.807) is 25.1 Å². The Labute approximate surface area is 151 Å². The number of carbonyl (C=O) groups excluding carboxylic acids is 1. The quantitative estimate of drug-likeness (QED) is 0.762. The fraction of sp³-hybridized carbons (Fsp3) is 0.588. The van der Waals surface area contributed by atoms with Crippen molar-refractivity contribution in [1.29, 1.82) is 0 Å². The monoisotopic (exact) mass is 380 g/mol. The van der Waals surface area contributed by atoms with E-state index < -0.39 is 12.8 Å². The Hall–Kier alpha value is -1.47. The third-order valence-electron chi connectivity index (χ3n) is 4.03. The molecule has 4 nitrogen and oxygen atoms in total. The summed E-state index contributed by atoms with van der Waals surface area (Å²) in [5.41, 5.74) is 1.34. The fourth-order valence-corrected chi connectivity index (χ4v) is 2.68. The van der Waals surface area contributed by atoms with Gasteiger partial charge < -0.3 is 15.4 Å². The Morgan fingerprint density at radius 1 is 1.40 bits per heavy atom. The molecule has 0 bridgehead atoms. The molecule has 1 heterocycles. The summed E-state index contributed by atoms with van der Waals surface area (Å²) in [6.45, 7) is 2.54. The fourth-order valence-electron chi connectivity index (χ4n) is 2.68. The summed E-state index contributed by atoms with van der Waals surface area (Å²) in [6.07, 6.45) is -2.05. The molecule has 1 atom stereocenters. The molecular weight excluding hydrogens is 357 g/mol. The van der Waals surface area contributed by atoms with Crippen LogP contribution in [0.2, 0.25) is 0 Å². The molecule has 1 amide bonds. The molecule has 1 unspecified atom stereocenters. The van der Waals surface area contributed by atoms with E-state index in [0.29, 0.717) is 17.9 Å². The van der Waals surface area contributed by atoms with Gasteiger partial charge in [0.2, 0.25) is 5.91 Å². The zero-order valence-corrected chi connectivity index (χ0v) is 14.9. The predicted octanol–water partition coefficient (Wildman–Crippen LogP) is 3.36. The molecule has 2 N–H and O–H groups in total. The minimum absolute atomic E-state index is 0. The van der Waals surface area contributed by atoms with Gasteiger partial charge in [-0.05, 0) is 50.4 Å². The van der Waals surface area contributed by atoms with Crippen molar-refractivity contribution in [3.8, 4) is 5.75 Å². The number of aryl methyl sites for hydroxylation is 1. The number of alkyl halides is 3. The summed E-state index contributed by atoms with van der Waals surface area (Å²) in [4.78, 5) is 11.9. The van der Waals surface area contributed by atoms with Crippen molar-refractivity contribution in [1.82, 2.24) is 10.6 Å². The number of amides is 1. The second kappa shape index (κ2) is 9.87. The maximum absolute atomic E-state index is 12.3. The van der Waals surface area contributed by atoms with Gasteiger partial charge in [0.1, 0.15) is 5.75 Å². The highest BCUT2D eigenvalue weighted by molar-refractivity contribution is 5.85. The molecule has 0 spiro atoms. The van der Waals surface area contributed by atoms with Crippen LogP contribution in [-0.4, -0.2) is 31.8 Å². The number of hydrogen-bond donors (Lipinski definition) is 2. The lowest BCUT2D eigenvalue weighted by molar-refractivity contribution is -0.153. The molecule has 142 valence electrons. The number of rotatable bonds is 7. The summed E-state index contributed by atoms with van der Waals surface area (Å²) in [5, 5.41) is 6.01. The first-order valence-corrected chi connectivity index (χ1v) is 8.10. The Morgan fingerprint density at radius 2 is 2.16 bits per heavy atom. The van der Waals surface area contributed by atoms with E-state index in [2.05, 4.69) is 10.6 Å². The van der Waals surface area contributed by atoms with Crippen molar-refractivity contribution in [3.63, 3.8) is 0 Å². The van der Waals surface area contributed by atoms with Crippen LogP contribution < -0.4 is 15.4 Å². The van der Waals surface area contributed by atoms with E-state index in [-0.39, 0.29) is 30.6 Å². The van der Waals surface area contributed by atoms with Crippen LogP contribution in [-0.2, 0) is 11.3 Å². The minimum atomic E-state index is -4.39. The second-order valence-corrected chi connectivity index (χ2v) is 6.19. The van der Waals surface area contributed by atoms with E-state index in [4.69, 9.17) is 4.74 Å². The molecule has 1 aliphatic rings. The van der Waals surface area contributed by atoms with Crippen molar-refractivity contribution >= 4 is 18.3 Å². The zero-order valence-electron chi connectivity index (χ0n) is 14.1. The van der Waals surface area contributed by atoms with Gasteiger partial charge >= 0.3 is 6.18 Å². The Morgan fingerprint density at radius 3 is 2.80 bits per heavy atom. The average Bonchev–Trinajstić information content (AvgIpc) is 3.02. The summed E-state index contributed by atoms with van der Waals surface area (Å²) in [5.74, 6) is 0.595. The standard InChI is InChI=1S/C17H23F3N2O2.ClH/c1-12-2-4-14(15(8-12)24-11-17(18,19)20)10-22-16(23)5-3-13-6-7-21-9-13;/h2,4,8,13,21H,3,5-7,9-11H2,1H3,(H,22,23);1H. The molecule has 1 aliphatic heterocycles. The third kappa shape index (κ3) is 7.96. The van der Waals surface area contributed by atoms with Crippen molar-refractivity contribution < 1.29 is 22.7 Å². The Kier molecular flexibility index (Phi) is 8.52. The van der Waals surface area contributed by atoms with Crippen molar-refractivity contribution in [2.75, 3.05) is 19.7 Å². The molecule has 0 aromatic heterocycles. The van der Waals surface area contributed by atoms with Gasteiger partial charge in [0, 0.05) is 18.5 Å². The van der Waals surface area contributed by atoms with Gasteiger partial charge in [-0.3, -0.25) is 4.79 Å². The first kappa shape index (κ1) is 21.6. The predicted molar refractivity (Wildman–Crippen MR) is 92.0 cm³/mol. The molecule has 1 fully saturated rings. The molecule has 1 aromatic rings. The number of benzene rings is 1. The normalized spacial score (nSPS) is 17.0. The molecule has 2 rings (SSSR count). The van der Waals surface area contributed by atoms with Crippen LogP contribution in [0.25, 0.3) is 0 Å². The van der Waals surface area contributed by atoms with Gasteiger partial charge in [-0.15, -0.1) is 12.4 Å². The van der Waals surface area contributed by atoms with E-state index >= 15 is 0 Å². The van der Waals surface area contributed by atoms with Crippen LogP contribution in [0.1, 0.15) is 30.4 Å². The summed E-state index contributed by atoms with van der Waals surface area (Å²) >= 11 is 0. The van der Waals surface area contributed by atoms with Gasteiger partial charge in [0.15, 0.2) is 6.61 Å². The van der Waals surface area contributed by atoms with Crippen molar-refractivity contribution in [3.05, 3.63) is 29.3 Å². The molecule has 25 heavy (non-hydrogen) atoms. The first-order valence-electron chi connectivity index (χ1n) is 8.10. The number of halogens is 4. The van der Waals surface area contributed by atoms with Gasteiger partial charge in [0.05, 0.1) is 0 Å². The second-order valence-electron chi connectivity index (χ2n) is 6.19. The summed E-state index contributed by atoms with van der Waals surface area (Å²) in [7, 11) is 0. The molecule has 1 aromatic carbocycles. The lowest BCUT2D eigenvalue weighted by Crippen LogP contribution is -2.24. The Balaban J connectivity index is 0.00000312. The molecule has 8 heteroatoms. The van der Waals surface area contributed by atoms with Crippen molar-refractivity contribution in [2.24, 2.45) is 5.92 Å². The summed E-state index contributed by atoms with van der Waals surface area (Å²) in [6, 6.07) is 5.02. The molecule has 1 saturated heterocycles. The van der Waals surface area contributed by atoms with Crippen molar-refractivity contribution in [2.45, 2.75) is 38.9 Å². The number of ether oxygens (including phenoxy) is 1. The maximum atomic E-state index is 12.3. The number of carbonyl (C=O) groups is 1. The highest BCUT2D eigenvalue weighted by Gasteiger charge is 2.28. The maximum Gasteiger partial charge on any atom is 0.422 e. The van der Waals surface area contributed by atoms with Gasteiger partial charge in [0.25, 0.3) is 0 Å². The van der Waals surface area contributed by atoms with Gasteiger partial charge in [-0.2, -0.15) is 13.2 Å². The molecule has 0 saturated carbocycles. The van der Waals surface area contributed by atoms with Crippen LogP contribution in [0.15, 0.2) is 18.2 Å². The van der Waals surface area contributed by atoms with E-state index in [1.165, 1.54) is 0 Å². The lowest BCUT2D eigenvalue weighted by atomic mass is 10.0. The molecule has 0 aliphatic carbocycles. The largest absolute Gasteiger partial charge is 0.484 e. The smallest absolute Gasteiger partial charge is 0.422 e. The van der Waals surface area contributed by atoms with Crippen LogP contribution >= 0.6 is 12.4 Å². The topological polar surface area (TPSA) is 50.4 Å². The first-order chi connectivity index (χ1) is 11.3. The van der Waals surface area contributed by atoms with Crippen LogP contribution in [0.5, 0.6) is 5.75 Å². The number of nitrogens with one attached hydrogen (secondary N) is 2. The highest BCUT2D eigenvalue weighted by Crippen LogP contribution is 2.24. The Bertz CT molecular complexity index is 561. The van der Waals surface area contributed by atoms with E-state index in [9.17, 15) is 18.0 Å². The lowest BCUT2D eigenvalue weighted by Gasteiger charge is -2.15. The van der Waals surface area contributed by atoms with Gasteiger partial charge in [-0.1, -0.05) is 12.1 Å². The third-order valence-corrected chi connectivity index (χ3v) is 4.03. The SMILES string of the molecule is Cc1ccc(CNC(=O)CCC2CCNC2)c(OCC(F)(F)F)c1.Cl. The average molecular weight is 381 g/mol. The van der Waals surface area contributed by atoms with Crippen LogP contribution in [0, 0.1) is 12.8 Å². The van der Waals surface area contributed by atoms with Crippen LogP contribution in [0.4, 0.5) is 13.2 Å². The number of hydrogen-bond acceptors (Lipinski definition) is 3. The van der Waals surface area contributed by atoms with Gasteiger partial charge in [-0.25, -0.2) is 0 Å². The van der Waals surface area contributed by atoms with E-state index in [0.717, 1.165) is 31.5 Å². The van der Waals surface area contributed by atoms with E-state index in [1.807, 2.05) is 0 Å². The molecular formula is C17H24ClF3N2O2. The highest BCUT2D eigenvalue weighted by atomic mass is 35.5. The van der Waals surface area contributed by atoms with Crippen LogP contribution in [0.3, 0.4) is 0 Å². The minimum Gasteiger partial charge on any atom is -0.484 e. The summed E-state index contributed by atoms with van der Waals surface area (Å²) < 4.78 is 41.9. The molecule has 0 radical (unpaired) electrons. The zero-order chi connectivity index (χ0) is 17.6.